The fourth-order valence-electron chi connectivity index (χ4n) is 3.43. The van der Waals surface area contributed by atoms with Gasteiger partial charge < -0.3 is 19.5 Å². The first-order chi connectivity index (χ1) is 22.5. The molecule has 0 heterocycles. The molecule has 284 valence electrons. The van der Waals surface area contributed by atoms with E-state index >= 15 is 0 Å². The molecule has 4 atom stereocenters. The number of methoxy groups -OCH3 is 2. The maximum atomic E-state index is 13.1. The van der Waals surface area contributed by atoms with Gasteiger partial charge in [0.1, 0.15) is 0 Å². The Labute approximate surface area is 295 Å². The third-order valence-electron chi connectivity index (χ3n) is 6.12. The van der Waals surface area contributed by atoms with Crippen molar-refractivity contribution < 1.29 is 55.6 Å². The highest BCUT2D eigenvalue weighted by Gasteiger charge is 2.41. The van der Waals surface area contributed by atoms with Crippen molar-refractivity contribution in [2.75, 3.05) is 45.7 Å². The Morgan fingerprint density at radius 2 is 1.12 bits per heavy atom. The van der Waals surface area contributed by atoms with E-state index in [2.05, 4.69) is 9.47 Å². The fraction of sp³-hybridized carbons (Fsp3) is 0.545. The molecule has 2 rings (SSSR count). The lowest BCUT2D eigenvalue weighted by Gasteiger charge is -2.29. The van der Waals surface area contributed by atoms with Crippen LogP contribution in [0.3, 0.4) is 0 Å². The molecule has 0 saturated carbocycles. The zero-order valence-corrected chi connectivity index (χ0v) is 30.6. The van der Waals surface area contributed by atoms with E-state index in [1.165, 1.54) is 18.9 Å². The number of benzene rings is 2. The summed E-state index contributed by atoms with van der Waals surface area (Å²) in [6.45, 7) is 10.5. The third kappa shape index (κ3) is 22.3. The first kappa shape index (κ1) is 52.7. The monoisotopic (exact) mass is 754 g/mol. The van der Waals surface area contributed by atoms with Crippen LogP contribution in [-0.4, -0.2) is 96.9 Å². The van der Waals surface area contributed by atoms with Gasteiger partial charge in [-0.05, 0) is 38.8 Å². The quantitative estimate of drug-likeness (QED) is 0.108. The maximum Gasteiger partial charge on any atom is 0.345 e. The van der Waals surface area contributed by atoms with E-state index in [9.17, 15) is 41.4 Å². The first-order valence-electron chi connectivity index (χ1n) is 14.9. The highest BCUT2D eigenvalue weighted by Crippen LogP contribution is 2.25. The molecule has 1 amide bonds. The van der Waals surface area contributed by atoms with Crippen molar-refractivity contribution in [1.82, 2.24) is 9.80 Å². The molecule has 49 heavy (non-hydrogen) atoms. The van der Waals surface area contributed by atoms with E-state index in [0.29, 0.717) is 24.2 Å². The summed E-state index contributed by atoms with van der Waals surface area (Å²) in [6.07, 6.45) is -6.31. The van der Waals surface area contributed by atoms with Gasteiger partial charge in [0, 0.05) is 26.2 Å². The molecule has 0 aliphatic heterocycles. The molecule has 16 heteroatoms. The number of esters is 2. The van der Waals surface area contributed by atoms with E-state index in [1.807, 2.05) is 19.9 Å². The smallest absolute Gasteiger partial charge is 0.345 e. The van der Waals surface area contributed by atoms with Crippen LogP contribution in [0.2, 0.25) is 0 Å². The molecule has 2 aromatic rings. The van der Waals surface area contributed by atoms with Gasteiger partial charge in [-0.3, -0.25) is 9.50 Å². The molecule has 0 aromatic heterocycles. The second-order valence-electron chi connectivity index (χ2n) is 9.24. The number of rotatable bonds is 11. The van der Waals surface area contributed by atoms with Gasteiger partial charge >= 0.3 is 18.0 Å². The summed E-state index contributed by atoms with van der Waals surface area (Å²) >= 11 is 9.53. The minimum atomic E-state index is -3.32. The fourth-order valence-corrected chi connectivity index (χ4v) is 3.43. The van der Waals surface area contributed by atoms with Gasteiger partial charge in [0.2, 0.25) is 6.17 Å². The van der Waals surface area contributed by atoms with Crippen LogP contribution in [0, 0.1) is 0 Å². The van der Waals surface area contributed by atoms with Crippen LogP contribution in [0.15, 0.2) is 60.7 Å². The third-order valence-corrected chi connectivity index (χ3v) is 6.12. The molecule has 2 unspecified atom stereocenters. The van der Waals surface area contributed by atoms with E-state index < -0.39 is 48.5 Å². The predicted octanol–water partition coefficient (Wildman–Crippen LogP) is 7.83. The Kier molecular flexibility index (Phi) is 33.3. The van der Waals surface area contributed by atoms with Gasteiger partial charge in [0.05, 0.1) is 19.6 Å². The number of amides is 1. The number of carbonyl (C=O) groups is 3. The van der Waals surface area contributed by atoms with Crippen molar-refractivity contribution >= 4 is 41.0 Å². The second-order valence-corrected chi connectivity index (χ2v) is 10.0. The van der Waals surface area contributed by atoms with Gasteiger partial charge in [-0.25, -0.2) is 27.7 Å². The second kappa shape index (κ2) is 30.9. The number of hydrogen-bond donors (Lipinski definition) is 1. The normalized spacial score (nSPS) is 12.4. The lowest BCUT2D eigenvalue weighted by Crippen LogP contribution is -2.47. The van der Waals surface area contributed by atoms with Crippen LogP contribution in [0.4, 0.5) is 26.7 Å². The van der Waals surface area contributed by atoms with Crippen molar-refractivity contribution in [1.29, 1.82) is 0 Å². The van der Waals surface area contributed by atoms with E-state index in [1.54, 1.807) is 68.4 Å². The summed E-state index contributed by atoms with van der Waals surface area (Å²) in [7, 11) is 2.41. The van der Waals surface area contributed by atoms with Crippen LogP contribution in [0.1, 0.15) is 64.9 Å². The molecule has 2 aromatic carbocycles. The Bertz CT molecular complexity index is 1040. The maximum absolute atomic E-state index is 13.1. The minimum absolute atomic E-state index is 0. The van der Waals surface area contributed by atoms with Gasteiger partial charge in [-0.1, -0.05) is 74.5 Å². The molecular weight excluding hydrogens is 705 g/mol. The zero-order valence-electron chi connectivity index (χ0n) is 29.1. The topological polar surface area (TPSA) is 96.4 Å². The van der Waals surface area contributed by atoms with Crippen LogP contribution in [0.25, 0.3) is 0 Å². The summed E-state index contributed by atoms with van der Waals surface area (Å²) in [5.41, 5.74) is 0.869. The lowest BCUT2D eigenvalue weighted by molar-refractivity contribution is -0.183. The summed E-state index contributed by atoms with van der Waals surface area (Å²) in [4.78, 5) is 34.7. The standard InChI is InChI=1S/C9H9FO2.C9H10O3.C7H14F3N.C7H14FNO.CH2Cl2.FH/c2*1-12-9(11)8(10)7-5-3-2-4-6-7;1-4-11(5-2)7(9,10)6(3)8;1-4-9(5-2)7(10)6(3)8;2-1-3;/h2-6,8H,1H3;2-6,8,10H,1H3;6H,4-5H2,1-3H3;6H,4-5H2,1-3H3;1H2;1H/t2*8-;;;;/m10..../s1. The number of carbonyl (C=O) groups excluding carboxylic acids is 3. The number of aliphatic hydroxyl groups is 1. The largest absolute Gasteiger partial charge is 0.467 e. The predicted molar refractivity (Wildman–Crippen MR) is 182 cm³/mol. The van der Waals surface area contributed by atoms with Gasteiger partial charge in [-0.15, -0.1) is 23.2 Å². The molecule has 0 aliphatic rings. The Morgan fingerprint density at radius 1 is 0.755 bits per heavy atom. The molecule has 0 fully saturated rings. The van der Waals surface area contributed by atoms with E-state index in [0.717, 1.165) is 18.9 Å². The van der Waals surface area contributed by atoms with Crippen molar-refractivity contribution in [2.24, 2.45) is 0 Å². The summed E-state index contributed by atoms with van der Waals surface area (Å²) in [5, 5.41) is 9.51. The average Bonchev–Trinajstić information content (AvgIpc) is 3.09. The number of halogens is 8. The highest BCUT2D eigenvalue weighted by atomic mass is 35.5. The summed E-state index contributed by atoms with van der Waals surface area (Å²) in [5.74, 6) is -1.91. The van der Waals surface area contributed by atoms with Gasteiger partial charge in [0.25, 0.3) is 5.91 Å². The minimum Gasteiger partial charge on any atom is -0.467 e. The molecule has 8 nitrogen and oxygen atoms in total. The van der Waals surface area contributed by atoms with Crippen molar-refractivity contribution in [3.63, 3.8) is 0 Å². The number of alkyl halides is 7. The van der Waals surface area contributed by atoms with Crippen molar-refractivity contribution in [3.8, 4) is 0 Å². The average molecular weight is 756 g/mol. The van der Waals surface area contributed by atoms with Gasteiger partial charge in [-0.2, -0.15) is 8.78 Å². The molecule has 0 bridgehead atoms. The Balaban J connectivity index is -0.000000267. The Morgan fingerprint density at radius 3 is 1.37 bits per heavy atom. The molecule has 0 saturated heterocycles. The molecular formula is C33H50Cl2F6N2O6. The Hall–Kier alpha value is -3.07. The zero-order chi connectivity index (χ0) is 37.9. The van der Waals surface area contributed by atoms with Crippen molar-refractivity contribution in [2.45, 2.75) is 72.2 Å². The lowest BCUT2D eigenvalue weighted by atomic mass is 10.1. The van der Waals surface area contributed by atoms with Gasteiger partial charge in [0.15, 0.2) is 18.4 Å². The van der Waals surface area contributed by atoms with Crippen LogP contribution >= 0.6 is 23.2 Å². The van der Waals surface area contributed by atoms with E-state index in [4.69, 9.17) is 23.2 Å². The van der Waals surface area contributed by atoms with Crippen molar-refractivity contribution in [3.05, 3.63) is 71.8 Å². The molecule has 0 radical (unpaired) electrons. The number of hydrogen-bond acceptors (Lipinski definition) is 7. The van der Waals surface area contributed by atoms with Crippen LogP contribution < -0.4 is 0 Å². The molecule has 0 aliphatic carbocycles. The summed E-state index contributed by atoms with van der Waals surface area (Å²) < 4.78 is 71.8. The molecule has 0 spiro atoms. The van der Waals surface area contributed by atoms with Crippen LogP contribution in [-0.2, 0) is 23.9 Å². The SMILES string of the molecule is CCN(CC)C(=O)C(C)F.CCN(CC)C(F)(F)C(C)F.COC(=O)[C@@H](O)c1ccccc1.COC(=O)[C@H](F)c1ccccc1.ClCCl.F. The number of nitrogens with zero attached hydrogens (tertiary/aromatic N) is 2. The van der Waals surface area contributed by atoms with E-state index in [-0.39, 0.29) is 23.1 Å². The summed E-state index contributed by atoms with van der Waals surface area (Å²) in [6, 6.07) is 13.5. The molecule has 1 N–H and O–H groups in total. The highest BCUT2D eigenvalue weighted by molar-refractivity contribution is 6.40. The van der Waals surface area contributed by atoms with Crippen LogP contribution in [0.5, 0.6) is 0 Å². The first-order valence-corrected chi connectivity index (χ1v) is 16.0. The number of aliphatic hydroxyl groups excluding tert-OH is 1. The number of ether oxygens (including phenoxy) is 2.